The molecule has 1 aliphatic heterocycles. The highest BCUT2D eigenvalue weighted by Gasteiger charge is 2.22. The van der Waals surface area contributed by atoms with Crippen molar-refractivity contribution in [3.05, 3.63) is 65.5 Å². The number of carboxylic acid groups (broad SMARTS) is 1. The summed E-state index contributed by atoms with van der Waals surface area (Å²) in [5.74, 6) is 0.974. The summed E-state index contributed by atoms with van der Waals surface area (Å²) in [5.41, 5.74) is 7.92. The number of fused-ring (bicyclic) bond motifs is 1. The molecule has 2 heterocycles. The zero-order valence-corrected chi connectivity index (χ0v) is 19.2. The Morgan fingerprint density at radius 1 is 1.21 bits per heavy atom. The lowest BCUT2D eigenvalue weighted by molar-refractivity contribution is -0.137. The lowest BCUT2D eigenvalue weighted by Gasteiger charge is -2.20. The molecule has 5 N–H and O–H groups in total. The molecule has 11 heteroatoms. The third kappa shape index (κ3) is 5.52. The number of amides is 1. The number of thioether (sulfide) groups is 1. The lowest BCUT2D eigenvalue weighted by atomic mass is 10.0. The van der Waals surface area contributed by atoms with Crippen molar-refractivity contribution >= 4 is 58.6 Å². The molecule has 1 aliphatic rings. The van der Waals surface area contributed by atoms with Crippen molar-refractivity contribution in [1.29, 1.82) is 5.41 Å². The number of anilines is 1. The minimum atomic E-state index is -0.981. The van der Waals surface area contributed by atoms with E-state index in [-0.39, 0.29) is 30.6 Å². The van der Waals surface area contributed by atoms with E-state index in [4.69, 9.17) is 11.1 Å². The zero-order valence-electron chi connectivity index (χ0n) is 17.5. The van der Waals surface area contributed by atoms with Crippen LogP contribution in [0.3, 0.4) is 0 Å². The number of carboxylic acids is 1. The highest BCUT2D eigenvalue weighted by molar-refractivity contribution is 7.99. The van der Waals surface area contributed by atoms with E-state index in [9.17, 15) is 14.7 Å². The molecule has 0 spiro atoms. The van der Waals surface area contributed by atoms with Crippen molar-refractivity contribution in [3.8, 4) is 0 Å². The summed E-state index contributed by atoms with van der Waals surface area (Å²) in [6, 6.07) is 11.5. The molecule has 0 saturated carbocycles. The third-order valence-electron chi connectivity index (χ3n) is 5.21. The Bertz CT molecular complexity index is 1200. The fraction of sp³-hybridized carbons (Fsp3) is 0.227. The first-order chi connectivity index (χ1) is 15.4. The summed E-state index contributed by atoms with van der Waals surface area (Å²) in [4.78, 5) is 34.6. The minimum Gasteiger partial charge on any atom is -0.481 e. The van der Waals surface area contributed by atoms with Gasteiger partial charge in [0.05, 0.1) is 23.9 Å². The minimum absolute atomic E-state index is 0. The number of benzene rings is 2. The fourth-order valence-corrected chi connectivity index (χ4v) is 4.52. The largest absolute Gasteiger partial charge is 0.481 e. The maximum atomic E-state index is 12.7. The SMILES string of the molecule is Cl.N=C(N)c1cccc(C(CC(=O)O)Nc2ncnc3cc(C(=O)N4CCSC4)ccc23)c1. The molecule has 9 nitrogen and oxygen atoms in total. The van der Waals surface area contributed by atoms with Crippen molar-refractivity contribution in [2.45, 2.75) is 12.5 Å². The molecule has 1 unspecified atom stereocenters. The molecule has 1 atom stereocenters. The van der Waals surface area contributed by atoms with Crippen molar-refractivity contribution in [3.63, 3.8) is 0 Å². The first-order valence-electron chi connectivity index (χ1n) is 9.97. The second-order valence-corrected chi connectivity index (χ2v) is 8.47. The molecular weight excluding hydrogens is 464 g/mol. The van der Waals surface area contributed by atoms with Gasteiger partial charge in [-0.15, -0.1) is 24.2 Å². The van der Waals surface area contributed by atoms with Gasteiger partial charge < -0.3 is 21.1 Å². The van der Waals surface area contributed by atoms with Gasteiger partial charge in [0.2, 0.25) is 0 Å². The Hall–Kier alpha value is -3.37. The maximum Gasteiger partial charge on any atom is 0.305 e. The van der Waals surface area contributed by atoms with Gasteiger partial charge >= 0.3 is 5.97 Å². The number of hydrogen-bond acceptors (Lipinski definition) is 7. The van der Waals surface area contributed by atoms with Crippen LogP contribution < -0.4 is 11.1 Å². The van der Waals surface area contributed by atoms with Crippen LogP contribution >= 0.6 is 24.2 Å². The van der Waals surface area contributed by atoms with Gasteiger partial charge in [-0.1, -0.05) is 18.2 Å². The lowest BCUT2D eigenvalue weighted by Crippen LogP contribution is -2.27. The average Bonchev–Trinajstić information content (AvgIpc) is 3.32. The van der Waals surface area contributed by atoms with E-state index in [0.29, 0.717) is 39.3 Å². The van der Waals surface area contributed by atoms with Gasteiger partial charge in [-0.3, -0.25) is 15.0 Å². The maximum absolute atomic E-state index is 12.7. The Morgan fingerprint density at radius 2 is 2.03 bits per heavy atom. The summed E-state index contributed by atoms with van der Waals surface area (Å²) >= 11 is 1.72. The van der Waals surface area contributed by atoms with Crippen LogP contribution in [0.5, 0.6) is 0 Å². The van der Waals surface area contributed by atoms with Crippen LogP contribution in [0.2, 0.25) is 0 Å². The van der Waals surface area contributed by atoms with Crippen molar-refractivity contribution in [1.82, 2.24) is 14.9 Å². The number of aromatic nitrogens is 2. The number of aliphatic carboxylic acids is 1. The molecule has 1 fully saturated rings. The van der Waals surface area contributed by atoms with Crippen LogP contribution in [-0.2, 0) is 4.79 Å². The number of nitrogens with zero attached hydrogens (tertiary/aromatic N) is 3. The number of nitrogens with one attached hydrogen (secondary N) is 2. The van der Waals surface area contributed by atoms with E-state index in [0.717, 1.165) is 12.3 Å². The van der Waals surface area contributed by atoms with E-state index < -0.39 is 12.0 Å². The third-order valence-corrected chi connectivity index (χ3v) is 6.18. The first-order valence-corrected chi connectivity index (χ1v) is 11.1. The topological polar surface area (TPSA) is 145 Å². The molecule has 33 heavy (non-hydrogen) atoms. The van der Waals surface area contributed by atoms with Gasteiger partial charge in [-0.25, -0.2) is 9.97 Å². The van der Waals surface area contributed by atoms with Crippen LogP contribution in [0.25, 0.3) is 10.9 Å². The quantitative estimate of drug-likeness (QED) is 0.294. The molecule has 1 saturated heterocycles. The smallest absolute Gasteiger partial charge is 0.305 e. The summed E-state index contributed by atoms with van der Waals surface area (Å²) in [6.45, 7) is 0.730. The number of hydrogen-bond donors (Lipinski definition) is 4. The summed E-state index contributed by atoms with van der Waals surface area (Å²) in [5, 5.41) is 21.0. The highest BCUT2D eigenvalue weighted by atomic mass is 35.5. The molecule has 1 amide bonds. The number of amidine groups is 1. The fourth-order valence-electron chi connectivity index (χ4n) is 3.58. The molecule has 2 aromatic carbocycles. The second-order valence-electron chi connectivity index (χ2n) is 7.39. The number of nitrogen functional groups attached to an aromatic ring is 1. The molecule has 3 aromatic rings. The second kappa shape index (κ2) is 10.5. The van der Waals surface area contributed by atoms with Crippen LogP contribution in [0.1, 0.15) is 33.9 Å². The standard InChI is InChI=1S/C22H22N6O3S.ClH/c23-20(24)14-3-1-2-13(8-14)17(10-19(29)30)27-21-16-5-4-15(9-18(16)25-11-26-21)22(31)28-6-7-32-12-28;/h1-5,8-9,11,17H,6-7,10,12H2,(H3,23,24)(H,29,30)(H,25,26,27);1H. The Labute approximate surface area is 200 Å². The molecule has 0 radical (unpaired) electrons. The van der Waals surface area contributed by atoms with Crippen LogP contribution in [-0.4, -0.2) is 55.9 Å². The summed E-state index contributed by atoms with van der Waals surface area (Å²) in [7, 11) is 0. The Balaban J connectivity index is 0.00000306. The van der Waals surface area contributed by atoms with Crippen molar-refractivity contribution in [2.24, 2.45) is 5.73 Å². The van der Waals surface area contributed by atoms with Crippen LogP contribution in [0.15, 0.2) is 48.8 Å². The predicted molar refractivity (Wildman–Crippen MR) is 131 cm³/mol. The molecule has 1 aromatic heterocycles. The van der Waals surface area contributed by atoms with E-state index in [1.54, 1.807) is 59.1 Å². The van der Waals surface area contributed by atoms with Gasteiger partial charge in [0.1, 0.15) is 18.0 Å². The number of halogens is 1. The van der Waals surface area contributed by atoms with Gasteiger partial charge in [0, 0.05) is 28.8 Å². The van der Waals surface area contributed by atoms with Gasteiger partial charge in [-0.05, 0) is 29.8 Å². The zero-order chi connectivity index (χ0) is 22.7. The molecule has 0 bridgehead atoms. The van der Waals surface area contributed by atoms with Crippen molar-refractivity contribution in [2.75, 3.05) is 23.5 Å². The number of carbonyl (C=O) groups excluding carboxylic acids is 1. The van der Waals surface area contributed by atoms with Crippen molar-refractivity contribution < 1.29 is 14.7 Å². The Morgan fingerprint density at radius 3 is 2.73 bits per heavy atom. The molecule has 172 valence electrons. The van der Waals surface area contributed by atoms with E-state index in [1.165, 1.54) is 6.33 Å². The number of carbonyl (C=O) groups is 2. The molecular formula is C22H23ClN6O3S. The summed E-state index contributed by atoms with van der Waals surface area (Å²) < 4.78 is 0. The average molecular weight is 487 g/mol. The van der Waals surface area contributed by atoms with E-state index in [1.807, 2.05) is 0 Å². The molecule has 4 rings (SSSR count). The van der Waals surface area contributed by atoms with Crippen LogP contribution in [0.4, 0.5) is 5.82 Å². The number of nitrogens with two attached hydrogens (primary N) is 1. The van der Waals surface area contributed by atoms with Gasteiger partial charge in [0.15, 0.2) is 0 Å². The van der Waals surface area contributed by atoms with Gasteiger partial charge in [-0.2, -0.15) is 0 Å². The Kier molecular flexibility index (Phi) is 7.72. The monoisotopic (exact) mass is 486 g/mol. The first kappa shape index (κ1) is 24.3. The normalized spacial score (nSPS) is 13.9. The number of rotatable bonds is 7. The highest BCUT2D eigenvalue weighted by Crippen LogP contribution is 2.28. The van der Waals surface area contributed by atoms with Crippen LogP contribution in [0, 0.1) is 5.41 Å². The summed E-state index contributed by atoms with van der Waals surface area (Å²) in [6.07, 6.45) is 1.19. The van der Waals surface area contributed by atoms with E-state index >= 15 is 0 Å². The van der Waals surface area contributed by atoms with Gasteiger partial charge in [0.25, 0.3) is 5.91 Å². The van der Waals surface area contributed by atoms with E-state index in [2.05, 4.69) is 15.3 Å². The molecule has 0 aliphatic carbocycles. The predicted octanol–water partition coefficient (Wildman–Crippen LogP) is 3.11.